The van der Waals surface area contributed by atoms with Crippen LogP contribution >= 0.6 is 0 Å². The minimum Gasteiger partial charge on any atom is -0.361 e. The molecule has 1 N–H and O–H groups in total. The number of aryl methyl sites for hydroxylation is 2. The Morgan fingerprint density at radius 2 is 2.10 bits per heavy atom. The quantitative estimate of drug-likeness (QED) is 0.931. The van der Waals surface area contributed by atoms with Crippen LogP contribution in [-0.2, 0) is 13.1 Å². The van der Waals surface area contributed by atoms with Crippen LogP contribution < -0.4 is 5.32 Å². The molecule has 5 nitrogen and oxygen atoms in total. The Kier molecular flexibility index (Phi) is 4.40. The van der Waals surface area contributed by atoms with Crippen LogP contribution in [0.4, 0.5) is 4.79 Å². The Balaban J connectivity index is 1.87. The van der Waals surface area contributed by atoms with Gasteiger partial charge in [-0.15, -0.1) is 0 Å². The summed E-state index contributed by atoms with van der Waals surface area (Å²) in [5.41, 5.74) is 3.03. The van der Waals surface area contributed by atoms with E-state index in [2.05, 4.69) is 10.5 Å². The van der Waals surface area contributed by atoms with Crippen molar-refractivity contribution in [2.24, 2.45) is 0 Å². The third-order valence-corrected chi connectivity index (χ3v) is 3.11. The number of carbonyl (C=O) groups excluding carboxylic acids is 1. The van der Waals surface area contributed by atoms with Crippen LogP contribution in [0.25, 0.3) is 0 Å². The molecular weight excluding hydrogens is 254 g/mol. The minimum absolute atomic E-state index is 0.131. The molecule has 0 aliphatic rings. The van der Waals surface area contributed by atoms with E-state index in [1.165, 1.54) is 5.56 Å². The van der Waals surface area contributed by atoms with Crippen LogP contribution in [0.3, 0.4) is 0 Å². The third-order valence-electron chi connectivity index (χ3n) is 3.11. The van der Waals surface area contributed by atoms with E-state index < -0.39 is 0 Å². The fourth-order valence-corrected chi connectivity index (χ4v) is 1.92. The SMILES string of the molecule is Cc1cc(CN(C)C(=O)NCc2ccccc2C)no1. The lowest BCUT2D eigenvalue weighted by Crippen LogP contribution is -2.36. The number of hydrogen-bond donors (Lipinski definition) is 1. The zero-order chi connectivity index (χ0) is 14.5. The van der Waals surface area contributed by atoms with Crippen molar-refractivity contribution in [3.63, 3.8) is 0 Å². The molecule has 0 radical (unpaired) electrons. The van der Waals surface area contributed by atoms with E-state index in [1.54, 1.807) is 11.9 Å². The molecule has 2 amide bonds. The number of carbonyl (C=O) groups is 1. The molecule has 0 aliphatic carbocycles. The standard InChI is InChI=1S/C15H19N3O2/c1-11-6-4-5-7-13(11)9-16-15(19)18(3)10-14-8-12(2)20-17-14/h4-8H,9-10H2,1-3H3,(H,16,19). The number of hydrogen-bond acceptors (Lipinski definition) is 3. The van der Waals surface area contributed by atoms with Gasteiger partial charge >= 0.3 is 6.03 Å². The summed E-state index contributed by atoms with van der Waals surface area (Å²) in [6.45, 7) is 4.81. The van der Waals surface area contributed by atoms with Gasteiger partial charge in [0.15, 0.2) is 0 Å². The van der Waals surface area contributed by atoms with Gasteiger partial charge in [-0.05, 0) is 25.0 Å². The fourth-order valence-electron chi connectivity index (χ4n) is 1.92. The van der Waals surface area contributed by atoms with Crippen molar-refractivity contribution in [2.45, 2.75) is 26.9 Å². The number of nitrogens with one attached hydrogen (secondary N) is 1. The van der Waals surface area contributed by atoms with Crippen molar-refractivity contribution in [1.82, 2.24) is 15.4 Å². The second-order valence-electron chi connectivity index (χ2n) is 4.87. The Morgan fingerprint density at radius 1 is 1.35 bits per heavy atom. The van der Waals surface area contributed by atoms with Crippen LogP contribution in [0, 0.1) is 13.8 Å². The Morgan fingerprint density at radius 3 is 2.75 bits per heavy atom. The number of benzene rings is 1. The van der Waals surface area contributed by atoms with Crippen molar-refractivity contribution >= 4 is 6.03 Å². The topological polar surface area (TPSA) is 58.4 Å². The molecule has 0 bridgehead atoms. The van der Waals surface area contributed by atoms with E-state index in [4.69, 9.17) is 4.52 Å². The fraction of sp³-hybridized carbons (Fsp3) is 0.333. The normalized spacial score (nSPS) is 10.3. The summed E-state index contributed by atoms with van der Waals surface area (Å²) >= 11 is 0. The predicted octanol–water partition coefficient (Wildman–Crippen LogP) is 2.63. The van der Waals surface area contributed by atoms with Gasteiger partial charge in [0.05, 0.1) is 6.54 Å². The van der Waals surface area contributed by atoms with Crippen molar-refractivity contribution in [1.29, 1.82) is 0 Å². The lowest BCUT2D eigenvalue weighted by Gasteiger charge is -2.17. The van der Waals surface area contributed by atoms with Crippen LogP contribution in [0.2, 0.25) is 0 Å². The van der Waals surface area contributed by atoms with Crippen LogP contribution in [-0.4, -0.2) is 23.1 Å². The first kappa shape index (κ1) is 14.1. The van der Waals surface area contributed by atoms with Crippen molar-refractivity contribution in [3.8, 4) is 0 Å². The van der Waals surface area contributed by atoms with E-state index in [9.17, 15) is 4.79 Å². The smallest absolute Gasteiger partial charge is 0.317 e. The number of urea groups is 1. The highest BCUT2D eigenvalue weighted by Crippen LogP contribution is 2.07. The molecule has 0 unspecified atom stereocenters. The van der Waals surface area contributed by atoms with Crippen molar-refractivity contribution in [2.75, 3.05) is 7.05 Å². The number of rotatable bonds is 4. The minimum atomic E-state index is -0.131. The van der Waals surface area contributed by atoms with Gasteiger partial charge in [-0.1, -0.05) is 29.4 Å². The first-order chi connectivity index (χ1) is 9.56. The summed E-state index contributed by atoms with van der Waals surface area (Å²) in [4.78, 5) is 13.6. The van der Waals surface area contributed by atoms with Gasteiger partial charge in [0.2, 0.25) is 0 Å². The monoisotopic (exact) mass is 273 g/mol. The van der Waals surface area contributed by atoms with Crippen LogP contribution in [0.1, 0.15) is 22.6 Å². The average molecular weight is 273 g/mol. The van der Waals surface area contributed by atoms with E-state index in [-0.39, 0.29) is 6.03 Å². The van der Waals surface area contributed by atoms with Gasteiger partial charge in [-0.2, -0.15) is 0 Å². The zero-order valence-electron chi connectivity index (χ0n) is 12.0. The second-order valence-corrected chi connectivity index (χ2v) is 4.87. The van der Waals surface area contributed by atoms with Gasteiger partial charge in [-0.3, -0.25) is 0 Å². The highest BCUT2D eigenvalue weighted by molar-refractivity contribution is 5.73. The maximum atomic E-state index is 12.0. The molecule has 1 aromatic carbocycles. The third kappa shape index (κ3) is 3.60. The van der Waals surface area contributed by atoms with Crippen LogP contribution in [0.5, 0.6) is 0 Å². The lowest BCUT2D eigenvalue weighted by molar-refractivity contribution is 0.205. The van der Waals surface area contributed by atoms with E-state index >= 15 is 0 Å². The molecule has 0 atom stereocenters. The van der Waals surface area contributed by atoms with E-state index in [0.29, 0.717) is 13.1 Å². The molecule has 2 rings (SSSR count). The number of amides is 2. The average Bonchev–Trinajstić information content (AvgIpc) is 2.82. The summed E-state index contributed by atoms with van der Waals surface area (Å²) < 4.78 is 4.98. The molecule has 2 aromatic rings. The first-order valence-electron chi connectivity index (χ1n) is 6.52. The van der Waals surface area contributed by atoms with Gasteiger partial charge < -0.3 is 14.7 Å². The van der Waals surface area contributed by atoms with E-state index in [0.717, 1.165) is 17.0 Å². The molecule has 0 saturated carbocycles. The Hall–Kier alpha value is -2.30. The lowest BCUT2D eigenvalue weighted by atomic mass is 10.1. The highest BCUT2D eigenvalue weighted by Gasteiger charge is 2.11. The molecule has 1 heterocycles. The molecule has 0 spiro atoms. The Labute approximate surface area is 118 Å². The van der Waals surface area contributed by atoms with Crippen LogP contribution in [0.15, 0.2) is 34.9 Å². The number of aromatic nitrogens is 1. The molecule has 0 fully saturated rings. The summed E-state index contributed by atoms with van der Waals surface area (Å²) in [6.07, 6.45) is 0. The molecule has 1 aromatic heterocycles. The molecule has 20 heavy (non-hydrogen) atoms. The largest absolute Gasteiger partial charge is 0.361 e. The van der Waals surface area contributed by atoms with Gasteiger partial charge in [0.1, 0.15) is 11.5 Å². The zero-order valence-corrected chi connectivity index (χ0v) is 12.0. The molecule has 0 aliphatic heterocycles. The summed E-state index contributed by atoms with van der Waals surface area (Å²) in [5.74, 6) is 0.744. The summed E-state index contributed by atoms with van der Waals surface area (Å²) in [6, 6.07) is 9.69. The molecule has 0 saturated heterocycles. The van der Waals surface area contributed by atoms with E-state index in [1.807, 2.05) is 44.2 Å². The van der Waals surface area contributed by atoms with Crippen molar-refractivity contribution < 1.29 is 9.32 Å². The first-order valence-corrected chi connectivity index (χ1v) is 6.52. The van der Waals surface area contributed by atoms with Gasteiger partial charge in [0, 0.05) is 19.7 Å². The molecule has 106 valence electrons. The maximum absolute atomic E-state index is 12.0. The molecular formula is C15H19N3O2. The second kappa shape index (κ2) is 6.23. The predicted molar refractivity (Wildman–Crippen MR) is 76.1 cm³/mol. The maximum Gasteiger partial charge on any atom is 0.317 e. The number of nitrogens with zero attached hydrogens (tertiary/aromatic N) is 2. The summed E-state index contributed by atoms with van der Waals surface area (Å²) in [5, 5.41) is 6.77. The Bertz CT molecular complexity index is 592. The summed E-state index contributed by atoms with van der Waals surface area (Å²) in [7, 11) is 1.73. The highest BCUT2D eigenvalue weighted by atomic mass is 16.5. The molecule has 5 heteroatoms. The van der Waals surface area contributed by atoms with Gasteiger partial charge in [0.25, 0.3) is 0 Å². The van der Waals surface area contributed by atoms with Crippen molar-refractivity contribution in [3.05, 3.63) is 52.9 Å². The van der Waals surface area contributed by atoms with Gasteiger partial charge in [-0.25, -0.2) is 4.79 Å².